The molecule has 0 radical (unpaired) electrons. The average Bonchev–Trinajstić information content (AvgIpc) is 2.72. The van der Waals surface area contributed by atoms with Gasteiger partial charge in [-0.3, -0.25) is 9.59 Å². The van der Waals surface area contributed by atoms with Gasteiger partial charge < -0.3 is 14.5 Å². The van der Waals surface area contributed by atoms with E-state index < -0.39 is 0 Å². The summed E-state index contributed by atoms with van der Waals surface area (Å²) in [6.07, 6.45) is 0.799. The Balaban J connectivity index is 1.99. The lowest BCUT2D eigenvalue weighted by atomic mass is 10.1. The van der Waals surface area contributed by atoms with Gasteiger partial charge >= 0.3 is 0 Å². The number of ether oxygens (including phenoxy) is 1. The Labute approximate surface area is 125 Å². The maximum Gasteiger partial charge on any atom is 0.253 e. The molecule has 114 valence electrons. The summed E-state index contributed by atoms with van der Waals surface area (Å²) in [5.41, 5.74) is 1.79. The number of methoxy groups -OCH3 is 1. The topological polar surface area (TPSA) is 49.9 Å². The van der Waals surface area contributed by atoms with Crippen LogP contribution in [0.3, 0.4) is 0 Å². The number of carbonyl (C=O) groups is 2. The Bertz CT molecular complexity index is 516. The lowest BCUT2D eigenvalue weighted by Gasteiger charge is -2.22. The van der Waals surface area contributed by atoms with Gasteiger partial charge in [0.15, 0.2) is 0 Å². The van der Waals surface area contributed by atoms with Crippen LogP contribution in [0.15, 0.2) is 24.3 Å². The molecule has 1 saturated heterocycles. The van der Waals surface area contributed by atoms with Crippen molar-refractivity contribution in [3.8, 4) is 0 Å². The van der Waals surface area contributed by atoms with Crippen molar-refractivity contribution in [2.75, 3.05) is 39.9 Å². The summed E-state index contributed by atoms with van der Waals surface area (Å²) in [6.45, 7) is 4.58. The van der Waals surface area contributed by atoms with E-state index >= 15 is 0 Å². The van der Waals surface area contributed by atoms with Crippen molar-refractivity contribution >= 4 is 11.8 Å². The molecule has 0 atom stereocenters. The predicted molar refractivity (Wildman–Crippen MR) is 80.2 cm³/mol. The number of nitrogens with zero attached hydrogens (tertiary/aromatic N) is 2. The molecule has 21 heavy (non-hydrogen) atoms. The maximum absolute atomic E-state index is 12.5. The van der Waals surface area contributed by atoms with E-state index in [1.807, 2.05) is 36.1 Å². The minimum absolute atomic E-state index is 0.0117. The fourth-order valence-electron chi connectivity index (χ4n) is 2.55. The molecule has 2 amide bonds. The SMILES string of the molecule is COCC(=O)N1CCCN(C(=O)c2cccc(C)c2)CC1. The van der Waals surface area contributed by atoms with Gasteiger partial charge in [-0.2, -0.15) is 0 Å². The maximum atomic E-state index is 12.5. The number of hydrogen-bond donors (Lipinski definition) is 0. The first-order chi connectivity index (χ1) is 10.1. The van der Waals surface area contributed by atoms with Gasteiger partial charge in [0, 0.05) is 38.9 Å². The van der Waals surface area contributed by atoms with Crippen LogP contribution in [0.25, 0.3) is 0 Å². The van der Waals surface area contributed by atoms with Crippen molar-refractivity contribution in [2.24, 2.45) is 0 Å². The van der Waals surface area contributed by atoms with Crippen LogP contribution in [0, 0.1) is 6.92 Å². The molecule has 0 N–H and O–H groups in total. The van der Waals surface area contributed by atoms with Gasteiger partial charge in [-0.25, -0.2) is 0 Å². The summed E-state index contributed by atoms with van der Waals surface area (Å²) in [4.78, 5) is 27.9. The van der Waals surface area contributed by atoms with Crippen molar-refractivity contribution in [3.05, 3.63) is 35.4 Å². The predicted octanol–water partition coefficient (Wildman–Crippen LogP) is 1.32. The van der Waals surface area contributed by atoms with E-state index in [1.165, 1.54) is 7.11 Å². The average molecular weight is 290 g/mol. The lowest BCUT2D eigenvalue weighted by molar-refractivity contribution is -0.135. The van der Waals surface area contributed by atoms with E-state index in [2.05, 4.69) is 0 Å². The second-order valence-corrected chi connectivity index (χ2v) is 5.33. The standard InChI is InChI=1S/C16H22N2O3/c1-13-5-3-6-14(11-13)16(20)18-8-4-7-17(9-10-18)15(19)12-21-2/h3,5-6,11H,4,7-10,12H2,1-2H3. The van der Waals surface area contributed by atoms with E-state index in [0.717, 1.165) is 12.0 Å². The van der Waals surface area contributed by atoms with Crippen LogP contribution in [0.5, 0.6) is 0 Å². The zero-order valence-electron chi connectivity index (χ0n) is 12.7. The number of carbonyl (C=O) groups excluding carboxylic acids is 2. The van der Waals surface area contributed by atoms with Crippen molar-refractivity contribution in [1.82, 2.24) is 9.80 Å². The third-order valence-electron chi connectivity index (χ3n) is 3.67. The first-order valence-corrected chi connectivity index (χ1v) is 7.24. The molecule has 5 nitrogen and oxygen atoms in total. The molecule has 1 heterocycles. The van der Waals surface area contributed by atoms with Gasteiger partial charge in [0.1, 0.15) is 6.61 Å². The Morgan fingerprint density at radius 3 is 2.57 bits per heavy atom. The highest BCUT2D eigenvalue weighted by Crippen LogP contribution is 2.11. The minimum Gasteiger partial charge on any atom is -0.375 e. The van der Waals surface area contributed by atoms with E-state index in [0.29, 0.717) is 31.7 Å². The first-order valence-electron chi connectivity index (χ1n) is 7.24. The van der Waals surface area contributed by atoms with Gasteiger partial charge in [0.05, 0.1) is 0 Å². The molecule has 1 fully saturated rings. The van der Waals surface area contributed by atoms with Gasteiger partial charge in [0.2, 0.25) is 5.91 Å². The molecule has 1 aromatic rings. The van der Waals surface area contributed by atoms with Crippen molar-refractivity contribution in [2.45, 2.75) is 13.3 Å². The third-order valence-corrected chi connectivity index (χ3v) is 3.67. The summed E-state index contributed by atoms with van der Waals surface area (Å²) in [5.74, 6) is 0.0297. The first kappa shape index (κ1) is 15.5. The van der Waals surface area contributed by atoms with E-state index in [1.54, 1.807) is 4.90 Å². The fourth-order valence-corrected chi connectivity index (χ4v) is 2.55. The molecule has 5 heteroatoms. The van der Waals surface area contributed by atoms with Gasteiger partial charge in [-0.05, 0) is 25.5 Å². The Morgan fingerprint density at radius 1 is 1.14 bits per heavy atom. The van der Waals surface area contributed by atoms with Crippen LogP contribution >= 0.6 is 0 Å². The van der Waals surface area contributed by atoms with Crippen LogP contribution < -0.4 is 0 Å². The molecule has 2 rings (SSSR count). The van der Waals surface area contributed by atoms with Crippen molar-refractivity contribution < 1.29 is 14.3 Å². The summed E-state index contributed by atoms with van der Waals surface area (Å²) < 4.78 is 4.88. The molecule has 1 aliphatic rings. The lowest BCUT2D eigenvalue weighted by Crippen LogP contribution is -2.38. The highest BCUT2D eigenvalue weighted by Gasteiger charge is 2.22. The molecule has 0 unspecified atom stereocenters. The number of hydrogen-bond acceptors (Lipinski definition) is 3. The molecule has 0 spiro atoms. The van der Waals surface area contributed by atoms with Crippen molar-refractivity contribution in [3.63, 3.8) is 0 Å². The van der Waals surface area contributed by atoms with Gasteiger partial charge in [0.25, 0.3) is 5.91 Å². The molecule has 1 aliphatic heterocycles. The number of amides is 2. The molecule has 0 bridgehead atoms. The highest BCUT2D eigenvalue weighted by atomic mass is 16.5. The summed E-state index contributed by atoms with van der Waals surface area (Å²) in [7, 11) is 1.52. The second kappa shape index (κ2) is 7.22. The van der Waals surface area contributed by atoms with Gasteiger partial charge in [-0.1, -0.05) is 17.7 Å². The van der Waals surface area contributed by atoms with Crippen LogP contribution in [0.1, 0.15) is 22.3 Å². The molecule has 0 saturated carbocycles. The fraction of sp³-hybridized carbons (Fsp3) is 0.500. The molecule has 0 aromatic heterocycles. The Kier molecular flexibility index (Phi) is 5.33. The van der Waals surface area contributed by atoms with Crippen LogP contribution in [0.4, 0.5) is 0 Å². The van der Waals surface area contributed by atoms with Crippen LogP contribution in [-0.2, 0) is 9.53 Å². The normalized spacial score (nSPS) is 15.7. The molecule has 0 aliphatic carbocycles. The zero-order valence-corrected chi connectivity index (χ0v) is 12.7. The highest BCUT2D eigenvalue weighted by molar-refractivity contribution is 5.94. The van der Waals surface area contributed by atoms with Gasteiger partial charge in [-0.15, -0.1) is 0 Å². The van der Waals surface area contributed by atoms with Crippen LogP contribution in [0.2, 0.25) is 0 Å². The summed E-state index contributed by atoms with van der Waals surface area (Å²) >= 11 is 0. The third kappa shape index (κ3) is 4.04. The molecular weight excluding hydrogens is 268 g/mol. The number of benzene rings is 1. The quantitative estimate of drug-likeness (QED) is 0.843. The molecule has 1 aromatic carbocycles. The summed E-state index contributed by atoms with van der Waals surface area (Å²) in [6, 6.07) is 7.62. The Morgan fingerprint density at radius 2 is 1.86 bits per heavy atom. The minimum atomic E-state index is -0.0117. The van der Waals surface area contributed by atoms with Crippen molar-refractivity contribution in [1.29, 1.82) is 0 Å². The summed E-state index contributed by atoms with van der Waals surface area (Å²) in [5, 5.41) is 0. The van der Waals surface area contributed by atoms with E-state index in [9.17, 15) is 9.59 Å². The Hall–Kier alpha value is -1.88. The molecular formula is C16H22N2O3. The monoisotopic (exact) mass is 290 g/mol. The zero-order chi connectivity index (χ0) is 15.2. The van der Waals surface area contributed by atoms with E-state index in [-0.39, 0.29) is 18.4 Å². The second-order valence-electron chi connectivity index (χ2n) is 5.33. The number of aryl methyl sites for hydroxylation is 1. The smallest absolute Gasteiger partial charge is 0.253 e. The van der Waals surface area contributed by atoms with E-state index in [4.69, 9.17) is 4.74 Å². The largest absolute Gasteiger partial charge is 0.375 e. The number of rotatable bonds is 3. The van der Waals surface area contributed by atoms with Crippen LogP contribution in [-0.4, -0.2) is 61.5 Å².